The zero-order valence-electron chi connectivity index (χ0n) is 18.9. The van der Waals surface area contributed by atoms with Gasteiger partial charge < -0.3 is 9.80 Å². The maximum Gasteiger partial charge on any atom is 0.222 e. The molecule has 1 saturated heterocycles. The van der Waals surface area contributed by atoms with Gasteiger partial charge in [-0.2, -0.15) is 0 Å². The first-order chi connectivity index (χ1) is 14.6. The Morgan fingerprint density at radius 1 is 1.00 bits per heavy atom. The molecule has 0 unspecified atom stereocenters. The molecule has 30 heavy (non-hydrogen) atoms. The number of anilines is 1. The summed E-state index contributed by atoms with van der Waals surface area (Å²) >= 11 is 1.80. The van der Waals surface area contributed by atoms with Crippen molar-refractivity contribution in [3.63, 3.8) is 0 Å². The van der Waals surface area contributed by atoms with Gasteiger partial charge in [0.15, 0.2) is 0 Å². The van der Waals surface area contributed by atoms with Gasteiger partial charge in [0.05, 0.1) is 5.39 Å². The number of amides is 1. The molecule has 1 saturated carbocycles. The van der Waals surface area contributed by atoms with Gasteiger partial charge in [0.25, 0.3) is 0 Å². The molecule has 4 rings (SSSR count). The molecule has 0 bridgehead atoms. The van der Waals surface area contributed by atoms with E-state index in [1.165, 1.54) is 60.8 Å². The Kier molecular flexibility index (Phi) is 6.91. The van der Waals surface area contributed by atoms with Gasteiger partial charge in [-0.25, -0.2) is 9.97 Å². The van der Waals surface area contributed by atoms with E-state index in [0.29, 0.717) is 18.2 Å². The maximum atomic E-state index is 12.6. The highest BCUT2D eigenvalue weighted by molar-refractivity contribution is 7.18. The first kappa shape index (κ1) is 21.5. The predicted molar refractivity (Wildman–Crippen MR) is 126 cm³/mol. The fraction of sp³-hybridized carbons (Fsp3) is 0.708. The van der Waals surface area contributed by atoms with Crippen LogP contribution in [0.15, 0.2) is 0 Å². The van der Waals surface area contributed by atoms with Gasteiger partial charge in [-0.15, -0.1) is 11.3 Å². The molecule has 1 amide bonds. The van der Waals surface area contributed by atoms with Crippen molar-refractivity contribution in [2.45, 2.75) is 84.5 Å². The average Bonchev–Trinajstić information content (AvgIpc) is 3.56. The summed E-state index contributed by atoms with van der Waals surface area (Å²) in [7, 11) is 0. The van der Waals surface area contributed by atoms with Crippen molar-refractivity contribution in [3.8, 4) is 0 Å². The number of nitrogens with zero attached hydrogens (tertiary/aromatic N) is 4. The lowest BCUT2D eigenvalue weighted by Gasteiger charge is -2.36. The van der Waals surface area contributed by atoms with Gasteiger partial charge in [-0.1, -0.05) is 39.0 Å². The van der Waals surface area contributed by atoms with Crippen LogP contribution in [0.2, 0.25) is 0 Å². The molecule has 6 heteroatoms. The number of unbranched alkanes of at least 4 members (excludes halogenated alkanes) is 5. The number of aromatic nitrogens is 2. The van der Waals surface area contributed by atoms with Crippen LogP contribution in [0.4, 0.5) is 5.82 Å². The highest BCUT2D eigenvalue weighted by Gasteiger charge is 2.30. The van der Waals surface area contributed by atoms with Crippen molar-refractivity contribution in [1.29, 1.82) is 0 Å². The van der Waals surface area contributed by atoms with E-state index < -0.39 is 0 Å². The summed E-state index contributed by atoms with van der Waals surface area (Å²) in [4.78, 5) is 29.5. The molecule has 3 heterocycles. The van der Waals surface area contributed by atoms with Crippen LogP contribution in [0.1, 0.15) is 86.9 Å². The van der Waals surface area contributed by atoms with Gasteiger partial charge in [0.2, 0.25) is 5.91 Å². The Hall–Kier alpha value is -1.69. The number of hydrogen-bond acceptors (Lipinski definition) is 5. The molecule has 2 aromatic heterocycles. The second kappa shape index (κ2) is 9.63. The van der Waals surface area contributed by atoms with Crippen LogP contribution >= 0.6 is 11.3 Å². The predicted octanol–water partition coefficient (Wildman–Crippen LogP) is 5.58. The van der Waals surface area contributed by atoms with E-state index in [2.05, 4.69) is 30.6 Å². The van der Waals surface area contributed by atoms with Crippen molar-refractivity contribution in [2.75, 3.05) is 31.1 Å². The van der Waals surface area contributed by atoms with Crippen LogP contribution in [-0.2, 0) is 4.79 Å². The van der Waals surface area contributed by atoms with Crippen LogP contribution in [0, 0.1) is 13.8 Å². The molecule has 1 aliphatic carbocycles. The number of piperazine rings is 1. The first-order valence-corrected chi connectivity index (χ1v) is 12.7. The quantitative estimate of drug-likeness (QED) is 0.489. The molecule has 2 aliphatic rings. The van der Waals surface area contributed by atoms with Crippen LogP contribution in [-0.4, -0.2) is 47.0 Å². The Morgan fingerprint density at radius 2 is 1.70 bits per heavy atom. The summed E-state index contributed by atoms with van der Waals surface area (Å²) in [5.41, 5.74) is 1.31. The fourth-order valence-corrected chi connectivity index (χ4v) is 5.41. The molecular formula is C24H36N4OS. The van der Waals surface area contributed by atoms with Crippen molar-refractivity contribution in [2.24, 2.45) is 0 Å². The molecule has 0 N–H and O–H groups in total. The van der Waals surface area contributed by atoms with Crippen molar-refractivity contribution < 1.29 is 4.79 Å². The van der Waals surface area contributed by atoms with E-state index in [1.807, 2.05) is 0 Å². The first-order valence-electron chi connectivity index (χ1n) is 11.9. The second-order valence-electron chi connectivity index (χ2n) is 9.03. The number of thiophene rings is 1. The highest BCUT2D eigenvalue weighted by Crippen LogP contribution is 2.42. The van der Waals surface area contributed by atoms with E-state index in [4.69, 9.17) is 9.97 Å². The minimum absolute atomic E-state index is 0.333. The minimum Gasteiger partial charge on any atom is -0.352 e. The van der Waals surface area contributed by atoms with E-state index in [-0.39, 0.29) is 0 Å². The number of carbonyl (C=O) groups excluding carboxylic acids is 1. The molecule has 164 valence electrons. The summed E-state index contributed by atoms with van der Waals surface area (Å²) in [5, 5.41) is 1.23. The van der Waals surface area contributed by atoms with Crippen molar-refractivity contribution in [1.82, 2.24) is 14.9 Å². The Balaban J connectivity index is 1.37. The third kappa shape index (κ3) is 4.79. The van der Waals surface area contributed by atoms with Crippen LogP contribution in [0.5, 0.6) is 0 Å². The average molecular weight is 429 g/mol. The van der Waals surface area contributed by atoms with Crippen LogP contribution < -0.4 is 4.90 Å². The lowest BCUT2D eigenvalue weighted by atomic mass is 10.1. The molecule has 0 spiro atoms. The number of aryl methyl sites for hydroxylation is 2. The lowest BCUT2D eigenvalue weighted by Crippen LogP contribution is -2.49. The molecule has 2 fully saturated rings. The Labute approximate surface area is 184 Å². The Bertz CT molecular complexity index is 881. The van der Waals surface area contributed by atoms with Crippen LogP contribution in [0.3, 0.4) is 0 Å². The standard InChI is InChI=1S/C24H36N4OS/c1-4-5-6-7-8-9-10-20(29)27-13-15-28(16-14-27)23-21-17(2)18(3)30-24(21)26-22(25-23)19-11-12-19/h19H,4-16H2,1-3H3. The third-order valence-corrected chi connectivity index (χ3v) is 7.75. The van der Waals surface area contributed by atoms with E-state index in [1.54, 1.807) is 11.3 Å². The highest BCUT2D eigenvalue weighted by atomic mass is 32.1. The van der Waals surface area contributed by atoms with Gasteiger partial charge >= 0.3 is 0 Å². The van der Waals surface area contributed by atoms with Gasteiger partial charge in [-0.3, -0.25) is 4.79 Å². The molecule has 0 aromatic carbocycles. The monoisotopic (exact) mass is 428 g/mol. The normalized spacial score (nSPS) is 17.2. The van der Waals surface area contributed by atoms with E-state index >= 15 is 0 Å². The van der Waals surface area contributed by atoms with Crippen molar-refractivity contribution in [3.05, 3.63) is 16.3 Å². The fourth-order valence-electron chi connectivity index (χ4n) is 4.38. The summed E-state index contributed by atoms with van der Waals surface area (Å²) in [6, 6.07) is 0. The number of rotatable bonds is 9. The van der Waals surface area contributed by atoms with Crippen molar-refractivity contribution >= 4 is 33.3 Å². The number of hydrogen-bond donors (Lipinski definition) is 0. The maximum absolute atomic E-state index is 12.6. The summed E-state index contributed by atoms with van der Waals surface area (Å²) in [6.45, 7) is 9.96. The van der Waals surface area contributed by atoms with Crippen LogP contribution in [0.25, 0.3) is 10.2 Å². The largest absolute Gasteiger partial charge is 0.352 e. The molecular weight excluding hydrogens is 392 g/mol. The smallest absolute Gasteiger partial charge is 0.222 e. The van der Waals surface area contributed by atoms with Gasteiger partial charge in [0.1, 0.15) is 16.5 Å². The Morgan fingerprint density at radius 3 is 2.40 bits per heavy atom. The second-order valence-corrected chi connectivity index (χ2v) is 10.2. The molecule has 0 radical (unpaired) electrons. The zero-order chi connectivity index (χ0) is 21.1. The molecule has 0 atom stereocenters. The lowest BCUT2D eigenvalue weighted by molar-refractivity contribution is -0.131. The third-order valence-electron chi connectivity index (χ3n) is 6.65. The number of fused-ring (bicyclic) bond motifs is 1. The van der Waals surface area contributed by atoms with Gasteiger partial charge in [-0.05, 0) is 38.7 Å². The number of carbonyl (C=O) groups is 1. The molecule has 1 aliphatic heterocycles. The van der Waals surface area contributed by atoms with E-state index in [9.17, 15) is 4.79 Å². The molecule has 2 aromatic rings. The summed E-state index contributed by atoms with van der Waals surface area (Å²) in [5.74, 6) is 3.02. The van der Waals surface area contributed by atoms with E-state index in [0.717, 1.165) is 49.1 Å². The van der Waals surface area contributed by atoms with Gasteiger partial charge in [0, 0.05) is 43.4 Å². The summed E-state index contributed by atoms with van der Waals surface area (Å²) in [6.07, 6.45) is 10.5. The summed E-state index contributed by atoms with van der Waals surface area (Å²) < 4.78 is 0. The minimum atomic E-state index is 0.333. The topological polar surface area (TPSA) is 49.3 Å². The SMILES string of the molecule is CCCCCCCCC(=O)N1CCN(c2nc(C3CC3)nc3sc(C)c(C)c23)CC1. The molecule has 5 nitrogen and oxygen atoms in total. The zero-order valence-corrected chi connectivity index (χ0v) is 19.7.